The number of hydrogen-bond donors (Lipinski definition) is 4. The van der Waals surface area contributed by atoms with Crippen LogP contribution in [0.5, 0.6) is 0 Å². The lowest BCUT2D eigenvalue weighted by molar-refractivity contribution is -0.128. The van der Waals surface area contributed by atoms with Crippen LogP contribution in [-0.4, -0.2) is 53.1 Å². The van der Waals surface area contributed by atoms with Crippen molar-refractivity contribution in [1.82, 2.24) is 10.1 Å². The van der Waals surface area contributed by atoms with Gasteiger partial charge in [-0.3, -0.25) is 24.0 Å². The molecule has 1 fully saturated rings. The van der Waals surface area contributed by atoms with E-state index in [1.54, 1.807) is 0 Å². The van der Waals surface area contributed by atoms with Gasteiger partial charge in [-0.2, -0.15) is 0 Å². The molecular weight excluding hydrogens is 511 g/mol. The number of carbonyl (C=O) groups excluding carboxylic acids is 5. The van der Waals surface area contributed by atoms with Crippen LogP contribution in [0.4, 0.5) is 0 Å². The molecule has 7 N–H and O–H groups in total. The van der Waals surface area contributed by atoms with Crippen molar-refractivity contribution in [2.45, 2.75) is 50.4 Å². The highest BCUT2D eigenvalue weighted by molar-refractivity contribution is 6.66. The van der Waals surface area contributed by atoms with Gasteiger partial charge < -0.3 is 32.2 Å². The molecule has 11 nitrogen and oxygen atoms in total. The second kappa shape index (κ2) is 12.4. The summed E-state index contributed by atoms with van der Waals surface area (Å²) in [5.74, 6) is -3.97. The zero-order chi connectivity index (χ0) is 28.8. The van der Waals surface area contributed by atoms with E-state index in [9.17, 15) is 24.0 Å². The highest BCUT2D eigenvalue weighted by Gasteiger charge is 2.46. The lowest BCUT2D eigenvalue weighted by Gasteiger charge is -2.32. The third kappa shape index (κ3) is 6.63. The van der Waals surface area contributed by atoms with Gasteiger partial charge >= 0.3 is 6.98 Å². The zero-order valence-electron chi connectivity index (χ0n) is 21.9. The minimum Gasteiger partial charge on any atom is -0.370 e. The van der Waals surface area contributed by atoms with Crippen molar-refractivity contribution < 1.29 is 24.0 Å². The van der Waals surface area contributed by atoms with Gasteiger partial charge in [-0.25, -0.2) is 0 Å². The van der Waals surface area contributed by atoms with Crippen LogP contribution in [0.1, 0.15) is 44.1 Å². The second-order valence-electron chi connectivity index (χ2n) is 9.85. The summed E-state index contributed by atoms with van der Waals surface area (Å²) < 4.78 is 0. The van der Waals surface area contributed by atoms with E-state index in [0.717, 1.165) is 16.7 Å². The monoisotopic (exact) mass is 542 g/mol. The summed E-state index contributed by atoms with van der Waals surface area (Å²) in [6.45, 7) is -0.970. The van der Waals surface area contributed by atoms with Gasteiger partial charge in [0.1, 0.15) is 6.04 Å². The van der Waals surface area contributed by atoms with Crippen molar-refractivity contribution in [3.63, 3.8) is 0 Å². The van der Waals surface area contributed by atoms with Crippen molar-refractivity contribution in [1.29, 1.82) is 0 Å². The zero-order valence-corrected chi connectivity index (χ0v) is 21.9. The number of nitrogens with zero attached hydrogens (tertiary/aromatic N) is 2. The molecule has 0 aliphatic carbocycles. The number of primary amides is 3. The molecule has 1 unspecified atom stereocenters. The number of benzene rings is 2. The number of rotatable bonds is 12. The first kappa shape index (κ1) is 28.3. The largest absolute Gasteiger partial charge is 0.414 e. The van der Waals surface area contributed by atoms with Crippen molar-refractivity contribution >= 4 is 42.2 Å². The predicted octanol–water partition coefficient (Wildman–Crippen LogP) is 1.02. The topological polar surface area (TPSA) is 191 Å². The molecule has 0 radical (unpaired) electrons. The second-order valence-corrected chi connectivity index (χ2v) is 9.85. The van der Waals surface area contributed by atoms with Crippen LogP contribution < -0.4 is 22.5 Å². The van der Waals surface area contributed by atoms with E-state index in [4.69, 9.17) is 22.1 Å². The summed E-state index contributed by atoms with van der Waals surface area (Å²) in [6.07, 6.45) is 2.15. The summed E-state index contributed by atoms with van der Waals surface area (Å²) in [6, 6.07) is 16.5. The molecule has 40 heavy (non-hydrogen) atoms. The Kier molecular flexibility index (Phi) is 8.78. The SMILES string of the molecule is NC(=O)CCC(B1N=C(c2ccc(-c3ccccc3)cc2)C=C2CCC(=O)N12)C(=O)N[C@@H](CCC(N)=O)C(N)=O. The molecule has 206 valence electrons. The van der Waals surface area contributed by atoms with Gasteiger partial charge in [0.15, 0.2) is 0 Å². The normalized spacial score (nSPS) is 15.9. The Labute approximate surface area is 232 Å². The molecule has 0 spiro atoms. The van der Waals surface area contributed by atoms with Gasteiger partial charge in [-0.1, -0.05) is 54.6 Å². The highest BCUT2D eigenvalue weighted by Crippen LogP contribution is 2.35. The van der Waals surface area contributed by atoms with E-state index in [2.05, 4.69) is 5.32 Å². The minimum atomic E-state index is -1.17. The molecule has 1 saturated heterocycles. The number of amides is 5. The van der Waals surface area contributed by atoms with Gasteiger partial charge in [-0.05, 0) is 42.0 Å². The molecule has 5 amide bonds. The molecule has 2 aliphatic heterocycles. The number of allylic oxidation sites excluding steroid dienone is 2. The van der Waals surface area contributed by atoms with Crippen molar-refractivity contribution in [3.8, 4) is 11.1 Å². The lowest BCUT2D eigenvalue weighted by Crippen LogP contribution is -2.52. The van der Waals surface area contributed by atoms with Crippen LogP contribution in [0.3, 0.4) is 0 Å². The fourth-order valence-corrected chi connectivity index (χ4v) is 4.95. The Bertz CT molecular complexity index is 1380. The Balaban J connectivity index is 1.67. The predicted molar refractivity (Wildman–Crippen MR) is 150 cm³/mol. The molecule has 4 rings (SSSR count). The maximum Gasteiger partial charge on any atom is 0.414 e. The molecule has 0 saturated carbocycles. The van der Waals surface area contributed by atoms with E-state index in [-0.39, 0.29) is 38.0 Å². The van der Waals surface area contributed by atoms with Crippen LogP contribution >= 0.6 is 0 Å². The first-order valence-corrected chi connectivity index (χ1v) is 13.1. The van der Waals surface area contributed by atoms with E-state index in [0.29, 0.717) is 17.8 Å². The maximum absolute atomic E-state index is 13.5. The number of hydrogen-bond acceptors (Lipinski definition) is 6. The molecule has 2 heterocycles. The van der Waals surface area contributed by atoms with Crippen molar-refractivity contribution in [3.05, 3.63) is 71.9 Å². The van der Waals surface area contributed by atoms with Crippen LogP contribution in [0.25, 0.3) is 11.1 Å². The van der Waals surface area contributed by atoms with E-state index >= 15 is 0 Å². The van der Waals surface area contributed by atoms with Crippen LogP contribution in [0.15, 0.2) is 71.3 Å². The Morgan fingerprint density at radius 3 is 2.08 bits per heavy atom. The number of fused-ring (bicyclic) bond motifs is 1. The summed E-state index contributed by atoms with van der Waals surface area (Å²) in [5, 5.41) is 2.57. The van der Waals surface area contributed by atoms with E-state index in [1.807, 2.05) is 60.7 Å². The van der Waals surface area contributed by atoms with Crippen molar-refractivity contribution in [2.24, 2.45) is 22.1 Å². The molecule has 2 aromatic rings. The van der Waals surface area contributed by atoms with Crippen LogP contribution in [0.2, 0.25) is 5.82 Å². The first-order chi connectivity index (χ1) is 19.1. The molecular formula is C28H31BN6O5. The number of nitrogens with one attached hydrogen (secondary N) is 1. The van der Waals surface area contributed by atoms with Crippen molar-refractivity contribution in [2.75, 3.05) is 0 Å². The van der Waals surface area contributed by atoms with Gasteiger partial charge in [0.25, 0.3) is 0 Å². The third-order valence-corrected chi connectivity index (χ3v) is 7.04. The van der Waals surface area contributed by atoms with Crippen LogP contribution in [0, 0.1) is 0 Å². The van der Waals surface area contributed by atoms with Crippen LogP contribution in [-0.2, 0) is 24.0 Å². The maximum atomic E-state index is 13.5. The fourth-order valence-electron chi connectivity index (χ4n) is 4.95. The van der Waals surface area contributed by atoms with Gasteiger partial charge in [0, 0.05) is 25.0 Å². The van der Waals surface area contributed by atoms with E-state index in [1.165, 1.54) is 4.81 Å². The Morgan fingerprint density at radius 2 is 1.45 bits per heavy atom. The minimum absolute atomic E-state index is 0.0199. The first-order valence-electron chi connectivity index (χ1n) is 13.1. The smallest absolute Gasteiger partial charge is 0.370 e. The standard InChI is InChI=1S/C28H31BN6O5/c30-24(36)13-11-21(28(40)33-22(27(32)39)12-14-25(31)37)29-34-23(16-20-10-15-26(38)35(20)29)19-8-6-18(7-9-19)17-4-2-1-3-5-17/h1-9,16,21-22H,10-15H2,(H2,30,36)(H2,31,37)(H2,32,39)(H,33,40)/t21?,22-/m0/s1. The fraction of sp³-hybridized carbons (Fsp3) is 0.286. The molecule has 2 atom stereocenters. The van der Waals surface area contributed by atoms with Gasteiger partial charge in [0.2, 0.25) is 29.5 Å². The molecule has 12 heteroatoms. The number of nitrogens with two attached hydrogens (primary N) is 3. The summed E-state index contributed by atoms with van der Waals surface area (Å²) in [4.78, 5) is 67.7. The van der Waals surface area contributed by atoms with Gasteiger partial charge in [-0.15, -0.1) is 0 Å². The average Bonchev–Trinajstić information content (AvgIpc) is 3.31. The average molecular weight is 542 g/mol. The summed E-state index contributed by atoms with van der Waals surface area (Å²) >= 11 is 0. The third-order valence-electron chi connectivity index (χ3n) is 7.04. The summed E-state index contributed by atoms with van der Waals surface area (Å²) in [7, 11) is 0. The highest BCUT2D eigenvalue weighted by atomic mass is 16.2. The lowest BCUT2D eigenvalue weighted by atomic mass is 9.57. The quantitative estimate of drug-likeness (QED) is 0.291. The van der Waals surface area contributed by atoms with Gasteiger partial charge in [0.05, 0.1) is 11.5 Å². The Morgan fingerprint density at radius 1 is 0.850 bits per heavy atom. The Hall–Kier alpha value is -4.74. The molecule has 2 aromatic carbocycles. The number of carbonyl (C=O) groups is 5. The van der Waals surface area contributed by atoms with E-state index < -0.39 is 42.5 Å². The molecule has 0 aromatic heterocycles. The molecule has 0 bridgehead atoms. The summed E-state index contributed by atoms with van der Waals surface area (Å²) in [5.41, 5.74) is 20.2. The molecule has 2 aliphatic rings.